The minimum Gasteiger partial charge on any atom is -0.379 e. The van der Waals surface area contributed by atoms with Crippen LogP contribution in [0.1, 0.15) is 131 Å². The molecule has 0 N–H and O–H groups in total. The average molecular weight is 511 g/mol. The molecule has 3 heteroatoms. The van der Waals surface area contributed by atoms with Crippen LogP contribution in [0.2, 0.25) is 0 Å². The standard InChI is InChI=1S/C28H50O2S.2C2H6/c1-4-20-28(30-25-27-21-16-15-17-22-27)26-29-23-18-13-11-9-7-6-8-10-12-14-19-24-31(3)5-2;2*1-2/h15-17,21-22,28H,3-14,18-20,23-26H2,1-2H3;2*1-2H3. The minimum absolute atomic E-state index is 0.220. The van der Waals surface area contributed by atoms with Gasteiger partial charge in [0.05, 0.1) is 19.3 Å². The van der Waals surface area contributed by atoms with Gasteiger partial charge in [-0.3, -0.25) is 0 Å². The summed E-state index contributed by atoms with van der Waals surface area (Å²) in [5.41, 5.74) is 1.24. The van der Waals surface area contributed by atoms with E-state index in [1.54, 1.807) is 0 Å². The van der Waals surface area contributed by atoms with Gasteiger partial charge in [0.2, 0.25) is 0 Å². The molecule has 2 nitrogen and oxygen atoms in total. The first kappa shape index (κ1) is 36.5. The fraction of sp³-hybridized carbons (Fsp3) is 0.781. The number of unbranched alkanes of at least 4 members (excludes halogenated alkanes) is 10. The number of hydrogen-bond donors (Lipinski definition) is 0. The maximum atomic E-state index is 6.07. The second kappa shape index (κ2) is 31.4. The summed E-state index contributed by atoms with van der Waals surface area (Å²) in [6.07, 6.45) is 17.6. The van der Waals surface area contributed by atoms with Gasteiger partial charge in [0.25, 0.3) is 0 Å². The Morgan fingerprint density at radius 3 is 1.77 bits per heavy atom. The second-order valence-corrected chi connectivity index (χ2v) is 11.0. The van der Waals surface area contributed by atoms with Gasteiger partial charge >= 0.3 is 0 Å². The molecule has 0 saturated carbocycles. The fourth-order valence-electron chi connectivity index (χ4n) is 3.79. The molecule has 0 saturated heterocycles. The van der Waals surface area contributed by atoms with Gasteiger partial charge in [0, 0.05) is 6.61 Å². The largest absolute Gasteiger partial charge is 0.379 e. The monoisotopic (exact) mass is 510 g/mol. The van der Waals surface area contributed by atoms with E-state index in [0.29, 0.717) is 17.1 Å². The summed E-state index contributed by atoms with van der Waals surface area (Å²) in [4.78, 5) is 0. The maximum Gasteiger partial charge on any atom is 0.0812 e. The van der Waals surface area contributed by atoms with E-state index in [2.05, 4.69) is 44.0 Å². The van der Waals surface area contributed by atoms with Gasteiger partial charge in [0.15, 0.2) is 0 Å². The van der Waals surface area contributed by atoms with Crippen LogP contribution in [0.15, 0.2) is 30.3 Å². The van der Waals surface area contributed by atoms with Gasteiger partial charge in [-0.2, -0.15) is 10.5 Å². The predicted molar refractivity (Wildman–Crippen MR) is 164 cm³/mol. The van der Waals surface area contributed by atoms with Crippen molar-refractivity contribution in [2.75, 3.05) is 24.7 Å². The summed E-state index contributed by atoms with van der Waals surface area (Å²) in [7, 11) is 0.430. The van der Waals surface area contributed by atoms with Crippen molar-refractivity contribution >= 4 is 16.4 Å². The zero-order valence-electron chi connectivity index (χ0n) is 24.6. The summed E-state index contributed by atoms with van der Waals surface area (Å²) in [6, 6.07) is 10.4. The van der Waals surface area contributed by atoms with Gasteiger partial charge < -0.3 is 9.47 Å². The third-order valence-corrected chi connectivity index (χ3v) is 7.56. The molecule has 0 spiro atoms. The molecule has 0 aliphatic rings. The molecule has 0 radical (unpaired) electrons. The van der Waals surface area contributed by atoms with Crippen molar-refractivity contribution in [3.63, 3.8) is 0 Å². The Balaban J connectivity index is 0. The lowest BCUT2D eigenvalue weighted by Crippen LogP contribution is -2.20. The first-order chi connectivity index (χ1) is 17.3. The Labute approximate surface area is 223 Å². The van der Waals surface area contributed by atoms with Gasteiger partial charge in [-0.05, 0) is 36.3 Å². The SMILES string of the molecule is C=S(CC)CCCCCCCCCCCCCOCC(CCC)OCc1ccccc1.CC.CC. The lowest BCUT2D eigenvalue weighted by molar-refractivity contribution is -0.0295. The third kappa shape index (κ3) is 26.2. The Bertz CT molecular complexity index is 518. The average Bonchev–Trinajstić information content (AvgIpc) is 2.92. The van der Waals surface area contributed by atoms with E-state index in [1.807, 2.05) is 33.8 Å². The van der Waals surface area contributed by atoms with Crippen LogP contribution in [0.4, 0.5) is 0 Å². The highest BCUT2D eigenvalue weighted by molar-refractivity contribution is 8.14. The topological polar surface area (TPSA) is 18.5 Å². The summed E-state index contributed by atoms with van der Waals surface area (Å²) >= 11 is 0. The summed E-state index contributed by atoms with van der Waals surface area (Å²) < 4.78 is 12.0. The smallest absolute Gasteiger partial charge is 0.0812 e. The van der Waals surface area contributed by atoms with Crippen LogP contribution in [0.3, 0.4) is 0 Å². The molecule has 1 rings (SSSR count). The van der Waals surface area contributed by atoms with Crippen molar-refractivity contribution in [1.82, 2.24) is 0 Å². The zero-order valence-corrected chi connectivity index (χ0v) is 25.4. The summed E-state index contributed by atoms with van der Waals surface area (Å²) in [6.45, 7) is 14.8. The van der Waals surface area contributed by atoms with Crippen LogP contribution in [-0.4, -0.2) is 36.7 Å². The Hall–Kier alpha value is -0.640. The highest BCUT2D eigenvalue weighted by atomic mass is 32.2. The number of ether oxygens (including phenoxy) is 2. The van der Waals surface area contributed by atoms with Crippen molar-refractivity contribution in [3.05, 3.63) is 35.9 Å². The van der Waals surface area contributed by atoms with E-state index in [9.17, 15) is 0 Å². The lowest BCUT2D eigenvalue weighted by Gasteiger charge is -2.17. The maximum absolute atomic E-state index is 6.07. The molecular weight excluding hydrogens is 448 g/mol. The summed E-state index contributed by atoms with van der Waals surface area (Å²) in [5, 5.41) is 0. The van der Waals surface area contributed by atoms with Crippen molar-refractivity contribution in [2.45, 2.75) is 138 Å². The third-order valence-electron chi connectivity index (χ3n) is 5.87. The van der Waals surface area contributed by atoms with Crippen molar-refractivity contribution in [3.8, 4) is 0 Å². The van der Waals surface area contributed by atoms with Gasteiger partial charge in [-0.25, -0.2) is 0 Å². The molecule has 1 aromatic carbocycles. The summed E-state index contributed by atoms with van der Waals surface area (Å²) in [5.74, 6) is 6.81. The molecule has 208 valence electrons. The predicted octanol–water partition coefficient (Wildman–Crippen LogP) is 10.5. The molecular formula is C32H62O2S. The highest BCUT2D eigenvalue weighted by Crippen LogP contribution is 2.15. The minimum atomic E-state index is 0.220. The first-order valence-electron chi connectivity index (χ1n) is 15.0. The molecule has 1 aromatic rings. The second-order valence-electron chi connectivity index (χ2n) is 8.78. The molecule has 0 fully saturated rings. The molecule has 0 heterocycles. The van der Waals surface area contributed by atoms with Crippen molar-refractivity contribution < 1.29 is 9.47 Å². The van der Waals surface area contributed by atoms with Crippen LogP contribution in [0.25, 0.3) is 0 Å². The normalized spacial score (nSPS) is 12.2. The number of hydrogen-bond acceptors (Lipinski definition) is 2. The van der Waals surface area contributed by atoms with Crippen LogP contribution >= 0.6 is 10.5 Å². The molecule has 0 aliphatic heterocycles. The number of rotatable bonds is 22. The van der Waals surface area contributed by atoms with E-state index in [4.69, 9.17) is 9.47 Å². The van der Waals surface area contributed by atoms with Crippen LogP contribution < -0.4 is 0 Å². The van der Waals surface area contributed by atoms with Crippen molar-refractivity contribution in [2.24, 2.45) is 0 Å². The molecule has 0 amide bonds. The van der Waals surface area contributed by atoms with Gasteiger partial charge in [0.1, 0.15) is 0 Å². The Morgan fingerprint density at radius 2 is 1.26 bits per heavy atom. The number of benzene rings is 1. The van der Waals surface area contributed by atoms with Gasteiger partial charge in [-0.15, -0.1) is 0 Å². The Kier molecular flexibility index (Phi) is 32.7. The Morgan fingerprint density at radius 1 is 0.743 bits per heavy atom. The lowest BCUT2D eigenvalue weighted by atomic mass is 10.1. The van der Waals surface area contributed by atoms with E-state index in [0.717, 1.165) is 26.1 Å². The van der Waals surface area contributed by atoms with E-state index in [-0.39, 0.29) is 6.10 Å². The van der Waals surface area contributed by atoms with E-state index >= 15 is 0 Å². The fourth-order valence-corrected chi connectivity index (χ4v) is 4.69. The molecule has 0 bridgehead atoms. The molecule has 0 aliphatic carbocycles. The highest BCUT2D eigenvalue weighted by Gasteiger charge is 2.08. The van der Waals surface area contributed by atoms with Crippen LogP contribution in [-0.2, 0) is 16.1 Å². The van der Waals surface area contributed by atoms with Crippen molar-refractivity contribution in [1.29, 1.82) is 0 Å². The molecule has 2 unspecified atom stereocenters. The zero-order chi connectivity index (χ0) is 26.4. The first-order valence-corrected chi connectivity index (χ1v) is 16.7. The molecule has 0 aromatic heterocycles. The van der Waals surface area contributed by atoms with Gasteiger partial charge in [-0.1, -0.05) is 142 Å². The molecule has 2 atom stereocenters. The van der Waals surface area contributed by atoms with E-state index < -0.39 is 0 Å². The van der Waals surface area contributed by atoms with E-state index in [1.165, 1.54) is 87.7 Å². The quantitative estimate of drug-likeness (QED) is 0.114. The molecule has 35 heavy (non-hydrogen) atoms. The van der Waals surface area contributed by atoms with Crippen LogP contribution in [0.5, 0.6) is 0 Å². The van der Waals surface area contributed by atoms with Crippen LogP contribution in [0, 0.1) is 0 Å².